The first-order valence-electron chi connectivity index (χ1n) is 12.0. The Labute approximate surface area is 212 Å². The average molecular weight is 520 g/mol. The van der Waals surface area contributed by atoms with Crippen LogP contribution < -0.4 is 10.0 Å². The molecule has 2 N–H and O–H groups in total. The molecule has 2 amide bonds. The topological polar surface area (TPSA) is 105 Å². The van der Waals surface area contributed by atoms with Crippen LogP contribution in [0, 0.1) is 5.82 Å². The molecule has 2 atom stereocenters. The Morgan fingerprint density at radius 3 is 2.44 bits per heavy atom. The van der Waals surface area contributed by atoms with Gasteiger partial charge in [0.15, 0.2) is 0 Å². The summed E-state index contributed by atoms with van der Waals surface area (Å²) in [6.07, 6.45) is 0.735. The van der Waals surface area contributed by atoms with Crippen LogP contribution in [0.2, 0.25) is 0 Å². The first-order chi connectivity index (χ1) is 16.9. The summed E-state index contributed by atoms with van der Waals surface area (Å²) in [5.41, 5.74) is -0.355. The van der Waals surface area contributed by atoms with Crippen LogP contribution in [0.15, 0.2) is 59.5 Å². The van der Waals surface area contributed by atoms with E-state index < -0.39 is 33.6 Å². The second-order valence-electron chi connectivity index (χ2n) is 9.89. The van der Waals surface area contributed by atoms with Gasteiger partial charge < -0.3 is 15.0 Å². The van der Waals surface area contributed by atoms with Gasteiger partial charge in [-0.05, 0) is 63.8 Å². The average Bonchev–Trinajstić information content (AvgIpc) is 3.27. The number of amides is 2. The Morgan fingerprint density at radius 1 is 1.11 bits per heavy atom. The van der Waals surface area contributed by atoms with E-state index in [-0.39, 0.29) is 36.2 Å². The third kappa shape index (κ3) is 8.03. The predicted octanol–water partition coefficient (Wildman–Crippen LogP) is 3.62. The molecule has 8 nitrogen and oxygen atoms in total. The van der Waals surface area contributed by atoms with Crippen molar-refractivity contribution in [3.63, 3.8) is 0 Å². The summed E-state index contributed by atoms with van der Waals surface area (Å²) in [5, 5.41) is 2.71. The second kappa shape index (κ2) is 11.8. The van der Waals surface area contributed by atoms with Crippen LogP contribution in [0.3, 0.4) is 0 Å². The van der Waals surface area contributed by atoms with Crippen molar-refractivity contribution in [2.75, 3.05) is 13.1 Å². The maximum atomic E-state index is 14.3. The number of carbonyl (C=O) groups is 2. The number of alkyl carbamates (subject to hydrolysis) is 1. The van der Waals surface area contributed by atoms with Crippen molar-refractivity contribution in [1.29, 1.82) is 0 Å². The summed E-state index contributed by atoms with van der Waals surface area (Å²) in [5.74, 6) is -0.663. The van der Waals surface area contributed by atoms with Gasteiger partial charge in [-0.25, -0.2) is 22.3 Å². The normalized spacial score (nSPS) is 17.0. The molecular weight excluding hydrogens is 485 g/mol. The Balaban J connectivity index is 1.68. The Hall–Kier alpha value is -2.98. The number of hydrogen-bond donors (Lipinski definition) is 2. The molecule has 0 aromatic heterocycles. The van der Waals surface area contributed by atoms with E-state index in [0.717, 1.165) is 6.42 Å². The minimum atomic E-state index is -3.70. The van der Waals surface area contributed by atoms with Crippen LogP contribution in [0.5, 0.6) is 0 Å². The van der Waals surface area contributed by atoms with E-state index in [9.17, 15) is 22.4 Å². The smallest absolute Gasteiger partial charge is 0.407 e. The van der Waals surface area contributed by atoms with Crippen LogP contribution >= 0.6 is 0 Å². The zero-order valence-corrected chi connectivity index (χ0v) is 21.7. The standard InChI is InChI=1S/C26H34FN3O5S/c1-26(2,3)35-25(32)29-20(16-19-10-7-8-14-23(19)27)17-24(31)30-15-9-11-21(30)18-28-36(33,34)22-12-5-4-6-13-22/h4-8,10,12-14,20-21,28H,9,11,15-18H2,1-3H3,(H,29,32)/t20-,21+/m1/s1. The molecule has 0 saturated carbocycles. The van der Waals surface area contributed by atoms with Gasteiger partial charge in [0.2, 0.25) is 15.9 Å². The van der Waals surface area contributed by atoms with Crippen LogP contribution in [0.25, 0.3) is 0 Å². The lowest BCUT2D eigenvalue weighted by Gasteiger charge is -2.28. The van der Waals surface area contributed by atoms with E-state index in [1.165, 1.54) is 18.2 Å². The molecule has 0 aliphatic carbocycles. The minimum Gasteiger partial charge on any atom is -0.444 e. The highest BCUT2D eigenvalue weighted by Crippen LogP contribution is 2.21. The number of benzene rings is 2. The van der Waals surface area contributed by atoms with Crippen molar-refractivity contribution in [2.24, 2.45) is 0 Å². The molecule has 0 bridgehead atoms. The highest BCUT2D eigenvalue weighted by atomic mass is 32.2. The molecule has 2 aromatic carbocycles. The monoisotopic (exact) mass is 519 g/mol. The fraction of sp³-hybridized carbons (Fsp3) is 0.462. The maximum absolute atomic E-state index is 14.3. The highest BCUT2D eigenvalue weighted by Gasteiger charge is 2.32. The molecule has 10 heteroatoms. The number of rotatable bonds is 9. The van der Waals surface area contributed by atoms with Gasteiger partial charge in [-0.3, -0.25) is 4.79 Å². The van der Waals surface area contributed by atoms with Crippen molar-refractivity contribution in [1.82, 2.24) is 14.9 Å². The number of nitrogens with one attached hydrogen (secondary N) is 2. The Morgan fingerprint density at radius 2 is 1.78 bits per heavy atom. The lowest BCUT2D eigenvalue weighted by Crippen LogP contribution is -2.47. The highest BCUT2D eigenvalue weighted by molar-refractivity contribution is 7.89. The Kier molecular flexibility index (Phi) is 9.08. The molecule has 1 saturated heterocycles. The number of carbonyl (C=O) groups excluding carboxylic acids is 2. The molecule has 36 heavy (non-hydrogen) atoms. The summed E-state index contributed by atoms with van der Waals surface area (Å²) in [6.45, 7) is 5.76. The van der Waals surface area contributed by atoms with E-state index in [2.05, 4.69) is 10.0 Å². The minimum absolute atomic E-state index is 0.0739. The molecule has 0 spiro atoms. The molecule has 1 fully saturated rings. The second-order valence-corrected chi connectivity index (χ2v) is 11.7. The molecule has 1 aliphatic rings. The lowest BCUT2D eigenvalue weighted by molar-refractivity contribution is -0.132. The van der Waals surface area contributed by atoms with Crippen molar-refractivity contribution in [3.05, 3.63) is 66.0 Å². The maximum Gasteiger partial charge on any atom is 0.407 e. The van der Waals surface area contributed by atoms with E-state index >= 15 is 0 Å². The summed E-state index contributed by atoms with van der Waals surface area (Å²) in [4.78, 5) is 27.5. The number of nitrogens with zero attached hydrogens (tertiary/aromatic N) is 1. The number of likely N-dealkylation sites (tertiary alicyclic amines) is 1. The van der Waals surface area contributed by atoms with Gasteiger partial charge in [0.05, 0.1) is 4.90 Å². The van der Waals surface area contributed by atoms with Gasteiger partial charge in [-0.15, -0.1) is 0 Å². The van der Waals surface area contributed by atoms with Crippen molar-refractivity contribution < 1.29 is 27.1 Å². The van der Waals surface area contributed by atoms with E-state index in [0.29, 0.717) is 18.5 Å². The SMILES string of the molecule is CC(C)(C)OC(=O)N[C@@H](CC(=O)N1CCC[C@H]1CNS(=O)(=O)c1ccccc1)Cc1ccccc1F. The number of halogens is 1. The third-order valence-corrected chi connectivity index (χ3v) is 7.27. The van der Waals surface area contributed by atoms with Crippen molar-refractivity contribution in [2.45, 2.75) is 69.0 Å². The van der Waals surface area contributed by atoms with E-state index in [1.54, 1.807) is 62.1 Å². The van der Waals surface area contributed by atoms with E-state index in [1.807, 2.05) is 0 Å². The summed E-state index contributed by atoms with van der Waals surface area (Å²) >= 11 is 0. The third-order valence-electron chi connectivity index (χ3n) is 5.83. The van der Waals surface area contributed by atoms with Gasteiger partial charge >= 0.3 is 6.09 Å². The molecule has 1 heterocycles. The molecule has 0 unspecified atom stereocenters. The van der Waals surface area contributed by atoms with Crippen LogP contribution in [0.1, 0.15) is 45.6 Å². The van der Waals surface area contributed by atoms with Crippen molar-refractivity contribution in [3.8, 4) is 0 Å². The molecule has 1 aliphatic heterocycles. The fourth-order valence-corrected chi connectivity index (χ4v) is 5.26. The summed E-state index contributed by atoms with van der Waals surface area (Å²) in [6, 6.07) is 13.2. The number of hydrogen-bond acceptors (Lipinski definition) is 5. The first kappa shape index (κ1) is 27.6. The quantitative estimate of drug-likeness (QED) is 0.527. The van der Waals surface area contributed by atoms with Gasteiger partial charge in [0.1, 0.15) is 11.4 Å². The lowest BCUT2D eigenvalue weighted by atomic mass is 10.0. The van der Waals surface area contributed by atoms with Gasteiger partial charge in [-0.1, -0.05) is 36.4 Å². The molecule has 3 rings (SSSR count). The molecule has 196 valence electrons. The molecule has 0 radical (unpaired) electrons. The van der Waals surface area contributed by atoms with E-state index in [4.69, 9.17) is 4.74 Å². The fourth-order valence-electron chi connectivity index (χ4n) is 4.17. The van der Waals surface area contributed by atoms with Crippen LogP contribution in [0.4, 0.5) is 9.18 Å². The molecule has 2 aromatic rings. The zero-order valence-electron chi connectivity index (χ0n) is 20.9. The number of sulfonamides is 1. The summed E-state index contributed by atoms with van der Waals surface area (Å²) in [7, 11) is -3.70. The zero-order chi connectivity index (χ0) is 26.3. The predicted molar refractivity (Wildman–Crippen MR) is 134 cm³/mol. The largest absolute Gasteiger partial charge is 0.444 e. The van der Waals surface area contributed by atoms with Crippen LogP contribution in [-0.4, -0.2) is 56.1 Å². The van der Waals surface area contributed by atoms with Crippen molar-refractivity contribution >= 4 is 22.0 Å². The van der Waals surface area contributed by atoms with Crippen LogP contribution in [-0.2, 0) is 26.0 Å². The van der Waals surface area contributed by atoms with Gasteiger partial charge in [-0.2, -0.15) is 0 Å². The van der Waals surface area contributed by atoms with Gasteiger partial charge in [0, 0.05) is 31.6 Å². The molecular formula is C26H34FN3O5S. The number of ether oxygens (including phenoxy) is 1. The van der Waals surface area contributed by atoms with Gasteiger partial charge in [0.25, 0.3) is 0 Å². The summed E-state index contributed by atoms with van der Waals surface area (Å²) < 4.78 is 47.4. The Bertz CT molecular complexity index is 1150. The first-order valence-corrected chi connectivity index (χ1v) is 13.5.